The monoisotopic (exact) mass is 874 g/mol. The van der Waals surface area contributed by atoms with E-state index in [1.165, 1.54) is 14.2 Å². The molecule has 4 aliphatic heterocycles. The number of imidazole rings is 2. The van der Waals surface area contributed by atoms with Crippen molar-refractivity contribution in [3.8, 4) is 28.1 Å². The van der Waals surface area contributed by atoms with E-state index in [1.807, 2.05) is 49.8 Å². The van der Waals surface area contributed by atoms with Crippen molar-refractivity contribution >= 4 is 45.8 Å². The summed E-state index contributed by atoms with van der Waals surface area (Å²) in [6.07, 6.45) is 4.95. The Morgan fingerprint density at radius 1 is 0.828 bits per heavy atom. The summed E-state index contributed by atoms with van der Waals surface area (Å²) in [6, 6.07) is 12.6. The summed E-state index contributed by atoms with van der Waals surface area (Å²) >= 11 is 0. The summed E-state index contributed by atoms with van der Waals surface area (Å²) in [5, 5.41) is 7.58. The minimum absolute atomic E-state index is 0.0190. The summed E-state index contributed by atoms with van der Waals surface area (Å²) in [5.41, 5.74) is 6.08. The standard InChI is InChI=1S/C48H58N8O8/c1-25(2)39(53-46(59)61-6)44(57)55-26(3)8-14-36(55)42-49-23-35(51-42)29-10-12-31-30(20-29)24-64-38-22-32-28(21-33(31)38)11-13-34-40(32)52-43(50-34)37-15-9-27(4)56(37)45(58)41(54-47(60)62-7)48(5)16-18-63-19-17-48/h10-13,20-23,25-27,36-37,39,41H,8-9,14-19,24H2,1-7H3,(H,49,51)(H,50,52)(H,53,59)(H,54,60). The minimum atomic E-state index is -0.775. The summed E-state index contributed by atoms with van der Waals surface area (Å²) in [7, 11) is 2.61. The van der Waals surface area contributed by atoms with Gasteiger partial charge in [-0.25, -0.2) is 19.6 Å². The van der Waals surface area contributed by atoms with Gasteiger partial charge in [0, 0.05) is 41.7 Å². The van der Waals surface area contributed by atoms with Crippen molar-refractivity contribution in [3.05, 3.63) is 65.9 Å². The molecule has 0 spiro atoms. The Kier molecular flexibility index (Phi) is 11.5. The number of alkyl carbamates (subject to hydrolysis) is 2. The van der Waals surface area contributed by atoms with E-state index in [9.17, 15) is 19.2 Å². The molecule has 3 fully saturated rings. The van der Waals surface area contributed by atoms with E-state index in [0.29, 0.717) is 44.3 Å². The van der Waals surface area contributed by atoms with Crippen molar-refractivity contribution < 1.29 is 38.1 Å². The Bertz CT molecular complexity index is 2610. The normalized spacial score (nSPS) is 22.4. The number of aromatic nitrogens is 4. The van der Waals surface area contributed by atoms with Gasteiger partial charge in [0.25, 0.3) is 0 Å². The zero-order valence-electron chi connectivity index (χ0n) is 37.6. The third-order valence-electron chi connectivity index (χ3n) is 14.2. The van der Waals surface area contributed by atoms with Crippen LogP contribution >= 0.6 is 0 Å². The Hall–Kier alpha value is -6.16. The number of H-pyrrole nitrogens is 2. The molecule has 3 saturated heterocycles. The number of amides is 4. The SMILES string of the molecule is COC(=O)NC(C(=O)N1C(C)CCC1c1ncc(-c2ccc3c(c2)COc2cc4c(ccc5[nH]c(C6CCC(C)N6C(=O)C(NC(=O)OC)C6(C)CCOCC6)nc54)cc2-3)[nH]1)C(C)C. The van der Waals surface area contributed by atoms with Crippen molar-refractivity contribution in [2.75, 3.05) is 27.4 Å². The third kappa shape index (κ3) is 7.68. The number of likely N-dealkylation sites (tertiary alicyclic amines) is 2. The molecular formula is C48H58N8O8. The number of hydrogen-bond acceptors (Lipinski definition) is 10. The molecule has 4 aliphatic rings. The highest BCUT2D eigenvalue weighted by molar-refractivity contribution is 6.07. The van der Waals surface area contributed by atoms with Crippen LogP contribution in [-0.4, -0.2) is 105 Å². The van der Waals surface area contributed by atoms with Gasteiger partial charge in [0.05, 0.1) is 49.2 Å². The second-order valence-electron chi connectivity index (χ2n) is 18.6. The van der Waals surface area contributed by atoms with Crippen LogP contribution in [0.25, 0.3) is 44.2 Å². The maximum Gasteiger partial charge on any atom is 0.407 e. The molecule has 9 rings (SSSR count). The van der Waals surface area contributed by atoms with Crippen LogP contribution in [0.5, 0.6) is 5.75 Å². The summed E-state index contributed by atoms with van der Waals surface area (Å²) in [4.78, 5) is 74.0. The van der Waals surface area contributed by atoms with Crippen LogP contribution in [0.15, 0.2) is 48.7 Å². The first-order valence-corrected chi connectivity index (χ1v) is 22.5. The number of aromatic amines is 2. The number of rotatable bonds is 9. The van der Waals surface area contributed by atoms with Crippen molar-refractivity contribution in [1.29, 1.82) is 0 Å². The van der Waals surface area contributed by atoms with Gasteiger partial charge in [-0.1, -0.05) is 39.0 Å². The van der Waals surface area contributed by atoms with Crippen LogP contribution in [0, 0.1) is 11.3 Å². The highest BCUT2D eigenvalue weighted by atomic mass is 16.5. The molecule has 6 atom stereocenters. The number of ether oxygens (including phenoxy) is 4. The zero-order chi connectivity index (χ0) is 45.0. The quantitative estimate of drug-likeness (QED) is 0.114. The van der Waals surface area contributed by atoms with Crippen molar-refractivity contribution in [2.45, 2.75) is 116 Å². The number of benzene rings is 3. The van der Waals surface area contributed by atoms with E-state index in [-0.39, 0.29) is 41.9 Å². The lowest BCUT2D eigenvalue weighted by atomic mass is 9.75. The fourth-order valence-corrected chi connectivity index (χ4v) is 10.4. The molecule has 16 nitrogen and oxygen atoms in total. The predicted molar refractivity (Wildman–Crippen MR) is 239 cm³/mol. The summed E-state index contributed by atoms with van der Waals surface area (Å²) in [5.74, 6) is 1.76. The molecule has 2 aromatic heterocycles. The van der Waals surface area contributed by atoms with Crippen LogP contribution in [0.4, 0.5) is 9.59 Å². The van der Waals surface area contributed by atoms with Crippen LogP contribution in [0.1, 0.15) is 102 Å². The number of nitrogens with one attached hydrogen (secondary N) is 4. The van der Waals surface area contributed by atoms with E-state index in [1.54, 1.807) is 0 Å². The number of carbonyl (C=O) groups excluding carboxylic acids is 4. The van der Waals surface area contributed by atoms with Gasteiger partial charge in [-0.15, -0.1) is 0 Å². The molecule has 338 valence electrons. The number of nitrogens with zero attached hydrogens (tertiary/aromatic N) is 4. The van der Waals surface area contributed by atoms with Gasteiger partial charge >= 0.3 is 12.2 Å². The first kappa shape index (κ1) is 43.1. The topological polar surface area (TPSA) is 193 Å². The molecular weight excluding hydrogens is 817 g/mol. The fourth-order valence-electron chi connectivity index (χ4n) is 10.4. The first-order valence-electron chi connectivity index (χ1n) is 22.5. The van der Waals surface area contributed by atoms with Crippen LogP contribution in [0.2, 0.25) is 0 Å². The largest absolute Gasteiger partial charge is 0.488 e. The van der Waals surface area contributed by atoms with Crippen LogP contribution in [-0.2, 0) is 30.4 Å². The van der Waals surface area contributed by atoms with Gasteiger partial charge in [0.2, 0.25) is 11.8 Å². The molecule has 6 unspecified atom stereocenters. The van der Waals surface area contributed by atoms with Gasteiger partial charge in [0.1, 0.15) is 36.1 Å². The van der Waals surface area contributed by atoms with Crippen molar-refractivity contribution in [2.24, 2.45) is 11.3 Å². The smallest absolute Gasteiger partial charge is 0.407 e. The molecule has 0 aliphatic carbocycles. The van der Waals surface area contributed by atoms with E-state index in [4.69, 9.17) is 28.9 Å². The maximum atomic E-state index is 14.6. The Morgan fingerprint density at radius 3 is 2.22 bits per heavy atom. The highest BCUT2D eigenvalue weighted by Gasteiger charge is 2.48. The van der Waals surface area contributed by atoms with Crippen LogP contribution < -0.4 is 15.4 Å². The second-order valence-corrected chi connectivity index (χ2v) is 18.6. The third-order valence-corrected chi connectivity index (χ3v) is 14.2. The molecule has 0 saturated carbocycles. The lowest BCUT2D eigenvalue weighted by Gasteiger charge is -2.42. The average Bonchev–Trinajstić information content (AvgIpc) is 4.12. The predicted octanol–water partition coefficient (Wildman–Crippen LogP) is 7.69. The fraction of sp³-hybridized carbons (Fsp3) is 0.500. The van der Waals surface area contributed by atoms with Crippen LogP contribution in [0.3, 0.4) is 0 Å². The van der Waals surface area contributed by atoms with Gasteiger partial charge in [-0.05, 0) is 105 Å². The molecule has 64 heavy (non-hydrogen) atoms. The Labute approximate surface area is 372 Å². The summed E-state index contributed by atoms with van der Waals surface area (Å²) in [6.45, 7) is 11.4. The lowest BCUT2D eigenvalue weighted by Crippen LogP contribution is -2.58. The number of fused-ring (bicyclic) bond motifs is 6. The van der Waals surface area contributed by atoms with Crippen molar-refractivity contribution in [3.63, 3.8) is 0 Å². The number of hydrogen-bond donors (Lipinski definition) is 4. The number of carbonyl (C=O) groups is 4. The summed E-state index contributed by atoms with van der Waals surface area (Å²) < 4.78 is 21.9. The average molecular weight is 875 g/mol. The molecule has 16 heteroatoms. The first-order chi connectivity index (χ1) is 30.8. The van der Waals surface area contributed by atoms with E-state index in [2.05, 4.69) is 63.9 Å². The van der Waals surface area contributed by atoms with Gasteiger partial charge in [-0.3, -0.25) is 9.59 Å². The van der Waals surface area contributed by atoms with Gasteiger partial charge < -0.3 is 49.3 Å². The van der Waals surface area contributed by atoms with E-state index >= 15 is 0 Å². The Balaban J connectivity index is 0.970. The second kappa shape index (κ2) is 17.1. The highest BCUT2D eigenvalue weighted by Crippen LogP contribution is 2.45. The zero-order valence-corrected chi connectivity index (χ0v) is 37.6. The Morgan fingerprint density at radius 2 is 1.52 bits per heavy atom. The molecule has 4 amide bonds. The maximum absolute atomic E-state index is 14.6. The molecule has 6 heterocycles. The lowest BCUT2D eigenvalue weighted by molar-refractivity contribution is -0.141. The van der Waals surface area contributed by atoms with Gasteiger partial charge in [-0.2, -0.15) is 0 Å². The van der Waals surface area contributed by atoms with Crippen molar-refractivity contribution in [1.82, 2.24) is 40.4 Å². The molecule has 0 bridgehead atoms. The van der Waals surface area contributed by atoms with Gasteiger partial charge in [0.15, 0.2) is 0 Å². The van der Waals surface area contributed by atoms with E-state index < -0.39 is 29.7 Å². The molecule has 0 radical (unpaired) electrons. The molecule has 3 aromatic carbocycles. The minimum Gasteiger partial charge on any atom is -0.488 e. The van der Waals surface area contributed by atoms with E-state index in [0.717, 1.165) is 81.2 Å². The molecule has 4 N–H and O–H groups in total. The number of methoxy groups -OCH3 is 2. The molecule has 5 aromatic rings.